The summed E-state index contributed by atoms with van der Waals surface area (Å²) in [6, 6.07) is 8.57. The van der Waals surface area contributed by atoms with Crippen LogP contribution in [0, 0.1) is 5.82 Å². The van der Waals surface area contributed by atoms with E-state index >= 15 is 0 Å². The molecule has 2 aromatic rings. The number of nitrogens with one attached hydrogen (secondary N) is 1. The molecule has 4 nitrogen and oxygen atoms in total. The van der Waals surface area contributed by atoms with Crippen molar-refractivity contribution < 1.29 is 14.0 Å². The standard InChI is InChI=1S/C23H24Cl3FN2O2/c1-14(23(31)28-17-5-2-3-6-17)29(13-15-9-10-16(24)11-20(15)26)22(30)12-18-19(25)7-4-8-21(18)27/h4,7-11,14,17H,2-3,5-6,12-13H2,1H3,(H,28,31)/t14-/m0/s1. The highest BCUT2D eigenvalue weighted by atomic mass is 35.5. The van der Waals surface area contributed by atoms with Crippen molar-refractivity contribution in [1.82, 2.24) is 10.2 Å². The molecule has 0 saturated heterocycles. The second kappa shape index (κ2) is 10.7. The number of amides is 2. The molecule has 1 N–H and O–H groups in total. The molecule has 0 spiro atoms. The number of nitrogens with zero attached hydrogens (tertiary/aromatic N) is 1. The number of rotatable bonds is 7. The molecule has 1 aliphatic carbocycles. The van der Waals surface area contributed by atoms with E-state index in [9.17, 15) is 14.0 Å². The number of halogens is 4. The van der Waals surface area contributed by atoms with Gasteiger partial charge in [0, 0.05) is 33.2 Å². The average molecular weight is 486 g/mol. The van der Waals surface area contributed by atoms with Crippen LogP contribution in [-0.2, 0) is 22.6 Å². The van der Waals surface area contributed by atoms with E-state index in [-0.39, 0.29) is 35.5 Å². The van der Waals surface area contributed by atoms with Gasteiger partial charge in [-0.1, -0.05) is 59.8 Å². The molecular weight excluding hydrogens is 462 g/mol. The third-order valence-electron chi connectivity index (χ3n) is 5.61. The zero-order valence-electron chi connectivity index (χ0n) is 17.1. The first-order chi connectivity index (χ1) is 14.8. The molecule has 1 atom stereocenters. The van der Waals surface area contributed by atoms with Crippen LogP contribution in [0.3, 0.4) is 0 Å². The Morgan fingerprint density at radius 1 is 1.13 bits per heavy atom. The number of carbonyl (C=O) groups excluding carboxylic acids is 2. The largest absolute Gasteiger partial charge is 0.352 e. The lowest BCUT2D eigenvalue weighted by molar-refractivity contribution is -0.140. The SMILES string of the molecule is C[C@@H](C(=O)NC1CCCC1)N(Cc1ccc(Cl)cc1Cl)C(=O)Cc1c(F)cccc1Cl. The summed E-state index contributed by atoms with van der Waals surface area (Å²) in [6.07, 6.45) is 3.75. The zero-order chi connectivity index (χ0) is 22.5. The molecule has 1 fully saturated rings. The normalized spacial score (nSPS) is 15.0. The lowest BCUT2D eigenvalue weighted by Gasteiger charge is -2.30. The predicted molar refractivity (Wildman–Crippen MR) is 122 cm³/mol. The third-order valence-corrected chi connectivity index (χ3v) is 6.56. The summed E-state index contributed by atoms with van der Waals surface area (Å²) in [4.78, 5) is 27.5. The van der Waals surface area contributed by atoms with Gasteiger partial charge in [0.15, 0.2) is 0 Å². The monoisotopic (exact) mass is 484 g/mol. The molecule has 0 bridgehead atoms. The van der Waals surface area contributed by atoms with E-state index in [4.69, 9.17) is 34.8 Å². The van der Waals surface area contributed by atoms with Gasteiger partial charge in [-0.3, -0.25) is 9.59 Å². The zero-order valence-corrected chi connectivity index (χ0v) is 19.4. The summed E-state index contributed by atoms with van der Waals surface area (Å²) in [5, 5.41) is 4.05. The minimum absolute atomic E-state index is 0.0835. The number of hydrogen-bond donors (Lipinski definition) is 1. The molecule has 0 heterocycles. The van der Waals surface area contributed by atoms with Crippen molar-refractivity contribution in [2.75, 3.05) is 0 Å². The van der Waals surface area contributed by atoms with Crippen LogP contribution in [0.1, 0.15) is 43.7 Å². The minimum Gasteiger partial charge on any atom is -0.352 e. The van der Waals surface area contributed by atoms with Gasteiger partial charge in [0.2, 0.25) is 11.8 Å². The average Bonchev–Trinajstić information content (AvgIpc) is 3.22. The Balaban J connectivity index is 1.85. The first-order valence-electron chi connectivity index (χ1n) is 10.2. The summed E-state index contributed by atoms with van der Waals surface area (Å²) in [6.45, 7) is 1.75. The molecule has 0 unspecified atom stereocenters. The van der Waals surface area contributed by atoms with Crippen LogP contribution in [0.25, 0.3) is 0 Å². The van der Waals surface area contributed by atoms with E-state index in [1.807, 2.05) is 0 Å². The number of carbonyl (C=O) groups is 2. The van der Waals surface area contributed by atoms with Crippen LogP contribution in [0.5, 0.6) is 0 Å². The first-order valence-corrected chi connectivity index (χ1v) is 11.4. The fraction of sp³-hybridized carbons (Fsp3) is 0.391. The molecule has 0 radical (unpaired) electrons. The summed E-state index contributed by atoms with van der Waals surface area (Å²) in [7, 11) is 0. The van der Waals surface area contributed by atoms with Crippen molar-refractivity contribution >= 4 is 46.6 Å². The molecule has 0 aromatic heterocycles. The summed E-state index contributed by atoms with van der Waals surface area (Å²) < 4.78 is 14.3. The molecule has 0 aliphatic heterocycles. The molecule has 1 saturated carbocycles. The van der Waals surface area contributed by atoms with Gasteiger partial charge in [-0.05, 0) is 49.6 Å². The van der Waals surface area contributed by atoms with Crippen molar-refractivity contribution in [3.05, 3.63) is 68.4 Å². The van der Waals surface area contributed by atoms with E-state index in [0.29, 0.717) is 15.6 Å². The van der Waals surface area contributed by atoms with Crippen LogP contribution >= 0.6 is 34.8 Å². The number of benzene rings is 2. The van der Waals surface area contributed by atoms with Crippen LogP contribution in [-0.4, -0.2) is 28.8 Å². The Labute approximate surface area is 196 Å². The van der Waals surface area contributed by atoms with E-state index in [1.54, 1.807) is 25.1 Å². The van der Waals surface area contributed by atoms with Crippen molar-refractivity contribution in [3.8, 4) is 0 Å². The van der Waals surface area contributed by atoms with Crippen molar-refractivity contribution in [3.63, 3.8) is 0 Å². The van der Waals surface area contributed by atoms with Gasteiger partial charge in [-0.25, -0.2) is 4.39 Å². The Kier molecular flexibility index (Phi) is 8.20. The van der Waals surface area contributed by atoms with Crippen LogP contribution in [0.15, 0.2) is 36.4 Å². The van der Waals surface area contributed by atoms with Gasteiger partial charge in [-0.2, -0.15) is 0 Å². The third kappa shape index (κ3) is 6.12. The quantitative estimate of drug-likeness (QED) is 0.538. The van der Waals surface area contributed by atoms with Crippen molar-refractivity contribution in [2.45, 2.75) is 57.7 Å². The Bertz CT molecular complexity index is 944. The highest BCUT2D eigenvalue weighted by Crippen LogP contribution is 2.25. The lowest BCUT2D eigenvalue weighted by atomic mass is 10.1. The van der Waals surface area contributed by atoms with Crippen LogP contribution in [0.4, 0.5) is 4.39 Å². The Morgan fingerprint density at radius 2 is 1.84 bits per heavy atom. The molecule has 166 valence electrons. The summed E-state index contributed by atoms with van der Waals surface area (Å²) in [5.74, 6) is -1.23. The highest BCUT2D eigenvalue weighted by molar-refractivity contribution is 6.35. The molecular formula is C23H24Cl3FN2O2. The smallest absolute Gasteiger partial charge is 0.242 e. The van der Waals surface area contributed by atoms with Crippen molar-refractivity contribution in [1.29, 1.82) is 0 Å². The number of hydrogen-bond acceptors (Lipinski definition) is 2. The lowest BCUT2D eigenvalue weighted by Crippen LogP contribution is -2.50. The molecule has 3 rings (SSSR count). The topological polar surface area (TPSA) is 49.4 Å². The molecule has 2 aromatic carbocycles. The minimum atomic E-state index is -0.773. The van der Waals surface area contributed by atoms with Gasteiger partial charge >= 0.3 is 0 Å². The van der Waals surface area contributed by atoms with E-state index in [1.165, 1.54) is 23.1 Å². The highest BCUT2D eigenvalue weighted by Gasteiger charge is 2.29. The fourth-order valence-corrected chi connectivity index (χ4v) is 4.46. The van der Waals surface area contributed by atoms with Gasteiger partial charge < -0.3 is 10.2 Å². The molecule has 1 aliphatic rings. The van der Waals surface area contributed by atoms with Gasteiger partial charge in [0.1, 0.15) is 11.9 Å². The maximum atomic E-state index is 14.3. The Hall–Kier alpha value is -1.82. The van der Waals surface area contributed by atoms with E-state index < -0.39 is 17.8 Å². The van der Waals surface area contributed by atoms with Crippen LogP contribution < -0.4 is 5.32 Å². The van der Waals surface area contributed by atoms with Gasteiger partial charge in [0.05, 0.1) is 6.42 Å². The second-order valence-corrected chi connectivity index (χ2v) is 9.05. The van der Waals surface area contributed by atoms with Crippen molar-refractivity contribution in [2.24, 2.45) is 0 Å². The van der Waals surface area contributed by atoms with E-state index in [0.717, 1.165) is 25.7 Å². The Morgan fingerprint density at radius 3 is 2.48 bits per heavy atom. The first kappa shape index (κ1) is 23.8. The van der Waals surface area contributed by atoms with Gasteiger partial charge in [0.25, 0.3) is 0 Å². The summed E-state index contributed by atoms with van der Waals surface area (Å²) >= 11 is 18.4. The maximum absolute atomic E-state index is 14.3. The molecule has 31 heavy (non-hydrogen) atoms. The maximum Gasteiger partial charge on any atom is 0.242 e. The second-order valence-electron chi connectivity index (χ2n) is 7.80. The van der Waals surface area contributed by atoms with Gasteiger partial charge in [-0.15, -0.1) is 0 Å². The molecule has 8 heteroatoms. The van der Waals surface area contributed by atoms with Crippen LogP contribution in [0.2, 0.25) is 15.1 Å². The summed E-state index contributed by atoms with van der Waals surface area (Å²) in [5.41, 5.74) is 0.740. The molecule has 2 amide bonds. The predicted octanol–water partition coefficient (Wildman–Crippen LogP) is 5.80. The van der Waals surface area contributed by atoms with E-state index in [2.05, 4.69) is 5.32 Å². The fourth-order valence-electron chi connectivity index (χ4n) is 3.76.